The number of unbranched alkanes of at least 4 members (excludes halogenated alkanes) is 1. The summed E-state index contributed by atoms with van der Waals surface area (Å²) in [6, 6.07) is 8.29. The van der Waals surface area contributed by atoms with Crippen molar-refractivity contribution in [1.29, 1.82) is 0 Å². The van der Waals surface area contributed by atoms with Gasteiger partial charge in [0.15, 0.2) is 0 Å². The molecule has 0 saturated heterocycles. The van der Waals surface area contributed by atoms with Crippen molar-refractivity contribution in [1.82, 2.24) is 0 Å². The van der Waals surface area contributed by atoms with Crippen molar-refractivity contribution >= 4 is 11.9 Å². The summed E-state index contributed by atoms with van der Waals surface area (Å²) >= 11 is 0. The van der Waals surface area contributed by atoms with E-state index in [0.29, 0.717) is 12.0 Å². The summed E-state index contributed by atoms with van der Waals surface area (Å²) in [7, 11) is 0. The first-order chi connectivity index (χ1) is 11.6. The summed E-state index contributed by atoms with van der Waals surface area (Å²) in [5, 5.41) is 17.6. The lowest BCUT2D eigenvalue weighted by molar-refractivity contribution is -0.239. The minimum absolute atomic E-state index is 0.0844. The zero-order chi connectivity index (χ0) is 19.1. The number of aliphatic hydroxyl groups is 1. The highest BCUT2D eigenvalue weighted by atomic mass is 19.4. The number of esters is 1. The maximum atomic E-state index is 12.5. The van der Waals surface area contributed by atoms with Gasteiger partial charge in [0.05, 0.1) is 11.7 Å². The first-order valence-electron chi connectivity index (χ1n) is 7.36. The Balaban J connectivity index is 2.48. The molecule has 0 spiro atoms. The molecule has 0 bridgehead atoms. The molecule has 1 rings (SSSR count). The number of carbonyl (C=O) groups is 2. The van der Waals surface area contributed by atoms with Crippen molar-refractivity contribution in [2.75, 3.05) is 0 Å². The van der Waals surface area contributed by atoms with Crippen LogP contribution in [0, 0.1) is 11.8 Å². The van der Waals surface area contributed by atoms with E-state index in [1.807, 2.05) is 5.92 Å². The zero-order valence-electron chi connectivity index (χ0n) is 13.3. The number of carboxylic acids is 1. The standard InChI is InChI=1S/C17H17F3O5/c1-12(25-14(21)13-9-5-2-6-10-13)8-4-3-7-11-16(24,15(22)23)17(18,19)20/h2,5-6,9-10,12,24H,3-4,8H2,1H3,(H,22,23). The van der Waals surface area contributed by atoms with Crippen LogP contribution in [0.4, 0.5) is 13.2 Å². The van der Waals surface area contributed by atoms with Crippen molar-refractivity contribution in [2.45, 2.75) is 44.1 Å². The number of ether oxygens (including phenoxy) is 1. The first kappa shape index (κ1) is 20.5. The SMILES string of the molecule is CC(CCCC#CC(O)(C(=O)O)C(F)(F)F)OC(=O)c1ccccc1. The van der Waals surface area contributed by atoms with E-state index in [1.165, 1.54) is 5.92 Å². The Morgan fingerprint density at radius 1 is 1.24 bits per heavy atom. The number of benzene rings is 1. The molecule has 1 aromatic carbocycles. The number of carbonyl (C=O) groups excluding carboxylic acids is 1. The fraction of sp³-hybridized carbons (Fsp3) is 0.412. The van der Waals surface area contributed by atoms with Crippen LogP contribution >= 0.6 is 0 Å². The molecule has 2 N–H and O–H groups in total. The molecule has 8 heteroatoms. The molecule has 0 aliphatic carbocycles. The Morgan fingerprint density at radius 3 is 2.36 bits per heavy atom. The number of alkyl halides is 3. The molecule has 0 heterocycles. The maximum Gasteiger partial charge on any atom is 0.440 e. The van der Waals surface area contributed by atoms with E-state index in [-0.39, 0.29) is 12.8 Å². The number of hydrogen-bond donors (Lipinski definition) is 2. The molecule has 0 radical (unpaired) electrons. The van der Waals surface area contributed by atoms with Crippen LogP contribution in [-0.2, 0) is 9.53 Å². The largest absolute Gasteiger partial charge is 0.478 e. The van der Waals surface area contributed by atoms with Crippen LogP contribution in [0.15, 0.2) is 30.3 Å². The molecule has 0 fully saturated rings. The topological polar surface area (TPSA) is 83.8 Å². The molecule has 5 nitrogen and oxygen atoms in total. The van der Waals surface area contributed by atoms with Gasteiger partial charge >= 0.3 is 23.7 Å². The molecule has 0 aliphatic rings. The summed E-state index contributed by atoms with van der Waals surface area (Å²) in [5.41, 5.74) is -3.70. The molecule has 0 saturated carbocycles. The van der Waals surface area contributed by atoms with E-state index in [1.54, 1.807) is 37.3 Å². The van der Waals surface area contributed by atoms with Gasteiger partial charge in [-0.1, -0.05) is 24.1 Å². The summed E-state index contributed by atoms with van der Waals surface area (Å²) in [6.07, 6.45) is -5.38. The predicted octanol–water partition coefficient (Wildman–Crippen LogP) is 2.78. The van der Waals surface area contributed by atoms with Crippen molar-refractivity contribution in [2.24, 2.45) is 0 Å². The van der Waals surface area contributed by atoms with Gasteiger partial charge in [-0.05, 0) is 37.8 Å². The molecule has 2 unspecified atom stereocenters. The zero-order valence-corrected chi connectivity index (χ0v) is 13.3. The van der Waals surface area contributed by atoms with Crippen LogP contribution in [-0.4, -0.2) is 40.0 Å². The van der Waals surface area contributed by atoms with Crippen molar-refractivity contribution in [3.63, 3.8) is 0 Å². The van der Waals surface area contributed by atoms with Crippen molar-refractivity contribution in [3.05, 3.63) is 35.9 Å². The van der Waals surface area contributed by atoms with E-state index in [4.69, 9.17) is 14.9 Å². The Hall–Kier alpha value is -2.53. The quantitative estimate of drug-likeness (QED) is 0.464. The third-order valence-electron chi connectivity index (χ3n) is 3.22. The van der Waals surface area contributed by atoms with Crippen LogP contribution in [0.5, 0.6) is 0 Å². The Bertz CT molecular complexity index is 660. The lowest BCUT2D eigenvalue weighted by Gasteiger charge is -2.19. The Morgan fingerprint density at radius 2 is 1.84 bits per heavy atom. The lowest BCUT2D eigenvalue weighted by atomic mass is 10.0. The minimum atomic E-state index is -5.40. The Kier molecular flexibility index (Phi) is 7.00. The normalized spacial score (nSPS) is 14.6. The van der Waals surface area contributed by atoms with Crippen LogP contribution in [0.1, 0.15) is 36.5 Å². The second-order valence-corrected chi connectivity index (χ2v) is 5.29. The first-order valence-corrected chi connectivity index (χ1v) is 7.36. The second kappa shape index (κ2) is 8.53. The van der Waals surface area contributed by atoms with Crippen LogP contribution in [0.25, 0.3) is 0 Å². The van der Waals surface area contributed by atoms with E-state index >= 15 is 0 Å². The minimum Gasteiger partial charge on any atom is -0.478 e. The smallest absolute Gasteiger partial charge is 0.440 e. The molecule has 136 valence electrons. The fourth-order valence-electron chi connectivity index (χ4n) is 1.80. The van der Waals surface area contributed by atoms with Gasteiger partial charge in [0, 0.05) is 6.42 Å². The van der Waals surface area contributed by atoms with E-state index in [2.05, 4.69) is 0 Å². The molecule has 0 aliphatic heterocycles. The maximum absolute atomic E-state index is 12.5. The summed E-state index contributed by atoms with van der Waals surface area (Å²) in [6.45, 7) is 1.62. The van der Waals surface area contributed by atoms with Gasteiger partial charge in [-0.3, -0.25) is 0 Å². The van der Waals surface area contributed by atoms with Crippen molar-refractivity contribution < 1.29 is 37.7 Å². The van der Waals surface area contributed by atoms with Gasteiger partial charge in [-0.2, -0.15) is 13.2 Å². The van der Waals surface area contributed by atoms with Gasteiger partial charge in [0.2, 0.25) is 0 Å². The monoisotopic (exact) mass is 358 g/mol. The molecular formula is C17H17F3O5. The highest BCUT2D eigenvalue weighted by Gasteiger charge is 2.59. The number of halogens is 3. The van der Waals surface area contributed by atoms with Crippen LogP contribution in [0.2, 0.25) is 0 Å². The Labute approximate surface area is 142 Å². The number of carboxylic acid groups (broad SMARTS) is 1. The second-order valence-electron chi connectivity index (χ2n) is 5.29. The number of rotatable bonds is 6. The molecule has 0 aromatic heterocycles. The summed E-state index contributed by atoms with van der Waals surface area (Å²) < 4.78 is 42.7. The average molecular weight is 358 g/mol. The highest BCUT2D eigenvalue weighted by molar-refractivity contribution is 5.89. The molecular weight excluding hydrogens is 341 g/mol. The summed E-state index contributed by atoms with van der Waals surface area (Å²) in [5.74, 6) is 0.371. The third-order valence-corrected chi connectivity index (χ3v) is 3.22. The number of aliphatic carboxylic acids is 1. The van der Waals surface area contributed by atoms with Crippen LogP contribution < -0.4 is 0 Å². The van der Waals surface area contributed by atoms with Gasteiger partial charge in [-0.25, -0.2) is 9.59 Å². The lowest BCUT2D eigenvalue weighted by Crippen LogP contribution is -2.50. The van der Waals surface area contributed by atoms with E-state index in [9.17, 15) is 22.8 Å². The number of hydrogen-bond acceptors (Lipinski definition) is 4. The highest BCUT2D eigenvalue weighted by Crippen LogP contribution is 2.30. The molecule has 2 atom stereocenters. The molecule has 1 aromatic rings. The van der Waals surface area contributed by atoms with E-state index < -0.39 is 29.8 Å². The molecule has 25 heavy (non-hydrogen) atoms. The fourth-order valence-corrected chi connectivity index (χ4v) is 1.80. The predicted molar refractivity (Wildman–Crippen MR) is 81.6 cm³/mol. The van der Waals surface area contributed by atoms with Gasteiger partial charge in [0.1, 0.15) is 0 Å². The molecule has 0 amide bonds. The van der Waals surface area contributed by atoms with Crippen molar-refractivity contribution in [3.8, 4) is 11.8 Å². The van der Waals surface area contributed by atoms with Crippen LogP contribution in [0.3, 0.4) is 0 Å². The summed E-state index contributed by atoms with van der Waals surface area (Å²) in [4.78, 5) is 22.4. The van der Waals surface area contributed by atoms with Gasteiger partial charge in [0.25, 0.3) is 0 Å². The van der Waals surface area contributed by atoms with E-state index in [0.717, 1.165) is 0 Å². The average Bonchev–Trinajstić information content (AvgIpc) is 2.53. The van der Waals surface area contributed by atoms with Gasteiger partial charge in [-0.15, -0.1) is 0 Å². The third kappa shape index (κ3) is 5.80. The van der Waals surface area contributed by atoms with Gasteiger partial charge < -0.3 is 14.9 Å².